The molecule has 16 heavy (non-hydrogen) atoms. The van der Waals surface area contributed by atoms with Crippen LogP contribution in [0.3, 0.4) is 0 Å². The van der Waals surface area contributed by atoms with E-state index in [0.717, 1.165) is 18.9 Å². The van der Waals surface area contributed by atoms with Gasteiger partial charge in [0, 0.05) is 5.92 Å². The molecule has 0 fully saturated rings. The van der Waals surface area contributed by atoms with Gasteiger partial charge in [-0.25, -0.2) is 0 Å². The molecule has 1 aromatic rings. The molecule has 0 aliphatic heterocycles. The average molecular weight is 225 g/mol. The van der Waals surface area contributed by atoms with Crippen molar-refractivity contribution in [2.24, 2.45) is 5.92 Å². The molecule has 4 nitrogen and oxygen atoms in total. The second-order valence-corrected chi connectivity index (χ2v) is 4.53. The Morgan fingerprint density at radius 1 is 1.12 bits per heavy atom. The predicted molar refractivity (Wildman–Crippen MR) is 64.3 cm³/mol. The first-order valence-electron chi connectivity index (χ1n) is 6.16. The van der Waals surface area contributed by atoms with Crippen molar-refractivity contribution >= 4 is 0 Å². The van der Waals surface area contributed by atoms with Crippen LogP contribution in [0.2, 0.25) is 0 Å². The second kappa shape index (κ2) is 5.99. The summed E-state index contributed by atoms with van der Waals surface area (Å²) in [6.45, 7) is 11.6. The maximum Gasteiger partial charge on any atom is 0.233 e. The average Bonchev–Trinajstić information content (AvgIpc) is 2.73. The highest BCUT2D eigenvalue weighted by molar-refractivity contribution is 4.94. The summed E-state index contributed by atoms with van der Waals surface area (Å²) in [4.78, 5) is 0. The third-order valence-corrected chi connectivity index (χ3v) is 3.00. The standard InChI is InChI=1S/C12H23N3O/c1-6-10(13-7-2)12-15-14-11(16-12)9(5)8(3)4/h8-10,13H,6-7H2,1-5H3. The fourth-order valence-electron chi connectivity index (χ4n) is 1.51. The van der Waals surface area contributed by atoms with Crippen LogP contribution in [-0.2, 0) is 0 Å². The van der Waals surface area contributed by atoms with Gasteiger partial charge in [-0.05, 0) is 18.9 Å². The molecule has 1 heterocycles. The maximum atomic E-state index is 5.73. The lowest BCUT2D eigenvalue weighted by molar-refractivity contribution is 0.344. The Morgan fingerprint density at radius 3 is 2.25 bits per heavy atom. The summed E-state index contributed by atoms with van der Waals surface area (Å²) < 4.78 is 5.73. The summed E-state index contributed by atoms with van der Waals surface area (Å²) >= 11 is 0. The zero-order valence-corrected chi connectivity index (χ0v) is 10.9. The van der Waals surface area contributed by atoms with E-state index in [9.17, 15) is 0 Å². The molecule has 0 saturated heterocycles. The summed E-state index contributed by atoms with van der Waals surface area (Å²) in [7, 11) is 0. The lowest BCUT2D eigenvalue weighted by Crippen LogP contribution is -2.20. The first kappa shape index (κ1) is 13.2. The molecule has 0 saturated carbocycles. The molecule has 92 valence electrons. The number of nitrogens with one attached hydrogen (secondary N) is 1. The van der Waals surface area contributed by atoms with E-state index >= 15 is 0 Å². The van der Waals surface area contributed by atoms with E-state index in [1.807, 2.05) is 0 Å². The zero-order chi connectivity index (χ0) is 12.1. The molecule has 0 radical (unpaired) electrons. The van der Waals surface area contributed by atoms with Crippen LogP contribution in [0.4, 0.5) is 0 Å². The van der Waals surface area contributed by atoms with Gasteiger partial charge in [0.1, 0.15) is 0 Å². The van der Waals surface area contributed by atoms with Crippen LogP contribution >= 0.6 is 0 Å². The highest BCUT2D eigenvalue weighted by Crippen LogP contribution is 2.24. The van der Waals surface area contributed by atoms with Crippen LogP contribution in [0.15, 0.2) is 4.42 Å². The van der Waals surface area contributed by atoms with E-state index in [-0.39, 0.29) is 6.04 Å². The molecule has 1 rings (SSSR count). The van der Waals surface area contributed by atoms with Gasteiger partial charge in [-0.3, -0.25) is 0 Å². The molecule has 0 amide bonds. The summed E-state index contributed by atoms with van der Waals surface area (Å²) in [5, 5.41) is 11.6. The Kier molecular flexibility index (Phi) is 4.93. The van der Waals surface area contributed by atoms with Crippen molar-refractivity contribution in [3.8, 4) is 0 Å². The normalized spacial score (nSPS) is 15.4. The minimum Gasteiger partial charge on any atom is -0.423 e. The molecule has 4 heteroatoms. The van der Waals surface area contributed by atoms with Gasteiger partial charge >= 0.3 is 0 Å². The van der Waals surface area contributed by atoms with Gasteiger partial charge in [0.2, 0.25) is 11.8 Å². The van der Waals surface area contributed by atoms with Gasteiger partial charge in [-0.15, -0.1) is 10.2 Å². The Morgan fingerprint density at radius 2 is 1.75 bits per heavy atom. The van der Waals surface area contributed by atoms with Gasteiger partial charge in [-0.2, -0.15) is 0 Å². The fraction of sp³-hybridized carbons (Fsp3) is 0.833. The Hall–Kier alpha value is -0.900. The molecule has 0 aliphatic rings. The van der Waals surface area contributed by atoms with Crippen LogP contribution in [0.1, 0.15) is 64.8 Å². The Bertz CT molecular complexity index is 309. The summed E-state index contributed by atoms with van der Waals surface area (Å²) in [6, 6.07) is 0.186. The molecule has 0 aromatic carbocycles. The van der Waals surface area contributed by atoms with Crippen LogP contribution in [0.25, 0.3) is 0 Å². The molecule has 0 aliphatic carbocycles. The minimum absolute atomic E-state index is 0.186. The van der Waals surface area contributed by atoms with Crippen molar-refractivity contribution in [3.05, 3.63) is 11.8 Å². The highest BCUT2D eigenvalue weighted by Gasteiger charge is 2.20. The molecule has 1 aromatic heterocycles. The molecular weight excluding hydrogens is 202 g/mol. The third kappa shape index (κ3) is 3.04. The number of aromatic nitrogens is 2. The molecular formula is C12H23N3O. The Labute approximate surface area is 97.8 Å². The van der Waals surface area contributed by atoms with E-state index < -0.39 is 0 Å². The van der Waals surface area contributed by atoms with Crippen molar-refractivity contribution in [1.82, 2.24) is 15.5 Å². The van der Waals surface area contributed by atoms with Crippen LogP contribution in [0.5, 0.6) is 0 Å². The lowest BCUT2D eigenvalue weighted by Gasteiger charge is -2.12. The number of nitrogens with zero attached hydrogens (tertiary/aromatic N) is 2. The number of hydrogen-bond donors (Lipinski definition) is 1. The number of hydrogen-bond acceptors (Lipinski definition) is 4. The van der Waals surface area contributed by atoms with Crippen LogP contribution in [-0.4, -0.2) is 16.7 Å². The second-order valence-electron chi connectivity index (χ2n) is 4.53. The Balaban J connectivity index is 2.76. The molecule has 0 bridgehead atoms. The van der Waals surface area contributed by atoms with Crippen LogP contribution in [0, 0.1) is 5.92 Å². The van der Waals surface area contributed by atoms with E-state index in [1.54, 1.807) is 0 Å². The maximum absolute atomic E-state index is 5.73. The van der Waals surface area contributed by atoms with E-state index in [2.05, 4.69) is 50.1 Å². The lowest BCUT2D eigenvalue weighted by atomic mass is 9.98. The zero-order valence-electron chi connectivity index (χ0n) is 10.9. The van der Waals surface area contributed by atoms with E-state index in [1.165, 1.54) is 0 Å². The summed E-state index contributed by atoms with van der Waals surface area (Å²) in [6.07, 6.45) is 0.964. The third-order valence-electron chi connectivity index (χ3n) is 3.00. The SMILES string of the molecule is CCNC(CC)c1nnc(C(C)C(C)C)o1. The molecule has 0 spiro atoms. The van der Waals surface area contributed by atoms with Crippen molar-refractivity contribution in [2.45, 2.75) is 53.0 Å². The summed E-state index contributed by atoms with van der Waals surface area (Å²) in [5.74, 6) is 2.31. The monoisotopic (exact) mass is 225 g/mol. The minimum atomic E-state index is 0.186. The van der Waals surface area contributed by atoms with Gasteiger partial charge in [-0.1, -0.05) is 34.6 Å². The molecule has 1 N–H and O–H groups in total. The van der Waals surface area contributed by atoms with Gasteiger partial charge < -0.3 is 9.73 Å². The largest absolute Gasteiger partial charge is 0.423 e. The quantitative estimate of drug-likeness (QED) is 0.808. The first-order chi connectivity index (χ1) is 7.60. The molecule has 2 atom stereocenters. The summed E-state index contributed by atoms with van der Waals surface area (Å²) in [5.41, 5.74) is 0. The van der Waals surface area contributed by atoms with Gasteiger partial charge in [0.15, 0.2) is 0 Å². The predicted octanol–water partition coefficient (Wildman–Crippen LogP) is 2.89. The molecule has 2 unspecified atom stereocenters. The van der Waals surface area contributed by atoms with Gasteiger partial charge in [0.05, 0.1) is 6.04 Å². The highest BCUT2D eigenvalue weighted by atomic mass is 16.4. The van der Waals surface area contributed by atoms with Crippen molar-refractivity contribution in [3.63, 3.8) is 0 Å². The van der Waals surface area contributed by atoms with E-state index in [0.29, 0.717) is 17.7 Å². The number of rotatable bonds is 6. The smallest absolute Gasteiger partial charge is 0.233 e. The topological polar surface area (TPSA) is 51.0 Å². The van der Waals surface area contributed by atoms with Crippen LogP contribution < -0.4 is 5.32 Å². The first-order valence-corrected chi connectivity index (χ1v) is 6.16. The van der Waals surface area contributed by atoms with Gasteiger partial charge in [0.25, 0.3) is 0 Å². The van der Waals surface area contributed by atoms with Crippen molar-refractivity contribution < 1.29 is 4.42 Å². The van der Waals surface area contributed by atoms with Crippen molar-refractivity contribution in [1.29, 1.82) is 0 Å². The van der Waals surface area contributed by atoms with Crippen molar-refractivity contribution in [2.75, 3.05) is 6.54 Å². The van der Waals surface area contributed by atoms with E-state index in [4.69, 9.17) is 4.42 Å². The fourth-order valence-corrected chi connectivity index (χ4v) is 1.51.